The van der Waals surface area contributed by atoms with Gasteiger partial charge in [-0.3, -0.25) is 20.1 Å². The van der Waals surface area contributed by atoms with E-state index in [9.17, 15) is 4.79 Å². The first-order valence-corrected chi connectivity index (χ1v) is 8.85. The van der Waals surface area contributed by atoms with E-state index < -0.39 is 0 Å². The molecule has 0 aliphatic carbocycles. The van der Waals surface area contributed by atoms with Gasteiger partial charge in [-0.2, -0.15) is 5.10 Å². The minimum absolute atomic E-state index is 0.0306. The Labute approximate surface area is 158 Å². The number of fused-ring (bicyclic) bond motifs is 1. The molecule has 0 saturated carbocycles. The van der Waals surface area contributed by atoms with Crippen molar-refractivity contribution in [3.63, 3.8) is 0 Å². The third-order valence-electron chi connectivity index (χ3n) is 4.58. The van der Waals surface area contributed by atoms with Crippen LogP contribution in [0.4, 0.5) is 11.6 Å². The van der Waals surface area contributed by atoms with Crippen molar-refractivity contribution in [2.24, 2.45) is 0 Å². The quantitative estimate of drug-likeness (QED) is 0.434. The summed E-state index contributed by atoms with van der Waals surface area (Å²) < 4.78 is 5.50. The fourth-order valence-corrected chi connectivity index (χ4v) is 3.22. The van der Waals surface area contributed by atoms with Crippen molar-refractivity contribution in [3.8, 4) is 11.4 Å². The SMILES string of the molecule is Cc1cc(Nc2cc(C3CC=CO3)[nH]n2)nc(-c2ccc3[nH][nH]c(=O)c3c2)n1. The van der Waals surface area contributed by atoms with E-state index in [2.05, 4.69) is 35.7 Å². The highest BCUT2D eigenvalue weighted by Crippen LogP contribution is 2.27. The van der Waals surface area contributed by atoms with E-state index in [1.807, 2.05) is 37.3 Å². The van der Waals surface area contributed by atoms with Gasteiger partial charge in [0.25, 0.3) is 5.56 Å². The highest BCUT2D eigenvalue weighted by atomic mass is 16.5. The number of anilines is 2. The van der Waals surface area contributed by atoms with Crippen molar-refractivity contribution in [1.29, 1.82) is 0 Å². The topological polar surface area (TPSA) is 124 Å². The molecule has 0 spiro atoms. The van der Waals surface area contributed by atoms with Crippen LogP contribution in [0.1, 0.15) is 23.9 Å². The van der Waals surface area contributed by atoms with E-state index in [-0.39, 0.29) is 11.7 Å². The fourth-order valence-electron chi connectivity index (χ4n) is 3.22. The van der Waals surface area contributed by atoms with Crippen LogP contribution in [0.15, 0.2) is 47.5 Å². The Hall–Kier alpha value is -3.88. The molecule has 1 unspecified atom stereocenters. The molecule has 140 valence electrons. The second-order valence-electron chi connectivity index (χ2n) is 6.62. The molecule has 0 bridgehead atoms. The number of nitrogens with one attached hydrogen (secondary N) is 4. The number of aryl methyl sites for hydroxylation is 1. The summed E-state index contributed by atoms with van der Waals surface area (Å²) in [5.74, 6) is 1.80. The van der Waals surface area contributed by atoms with Crippen molar-refractivity contribution < 1.29 is 4.74 Å². The largest absolute Gasteiger partial charge is 0.492 e. The van der Waals surface area contributed by atoms with Gasteiger partial charge in [0.15, 0.2) is 11.6 Å². The molecule has 0 saturated heterocycles. The highest BCUT2D eigenvalue weighted by molar-refractivity contribution is 5.82. The summed E-state index contributed by atoms with van der Waals surface area (Å²) in [6, 6.07) is 9.23. The molecule has 0 amide bonds. The lowest BCUT2D eigenvalue weighted by Crippen LogP contribution is -2.00. The van der Waals surface area contributed by atoms with Crippen molar-refractivity contribution in [2.75, 3.05) is 5.32 Å². The summed E-state index contributed by atoms with van der Waals surface area (Å²) in [4.78, 5) is 21.0. The van der Waals surface area contributed by atoms with Gasteiger partial charge in [0.05, 0.1) is 22.9 Å². The predicted octanol–water partition coefficient (Wildman–Crippen LogP) is 3.06. The average Bonchev–Trinajstić information content (AvgIpc) is 3.42. The van der Waals surface area contributed by atoms with Crippen LogP contribution in [0.3, 0.4) is 0 Å². The van der Waals surface area contributed by atoms with E-state index in [4.69, 9.17) is 4.74 Å². The molecule has 1 atom stereocenters. The molecule has 5 rings (SSSR count). The normalized spacial score (nSPS) is 15.8. The second-order valence-corrected chi connectivity index (χ2v) is 6.62. The number of H-pyrrole nitrogens is 3. The molecule has 28 heavy (non-hydrogen) atoms. The molecule has 4 heterocycles. The molecular formula is C19H17N7O2. The van der Waals surface area contributed by atoms with Crippen LogP contribution in [0.5, 0.6) is 0 Å². The van der Waals surface area contributed by atoms with Crippen LogP contribution >= 0.6 is 0 Å². The number of rotatable bonds is 4. The van der Waals surface area contributed by atoms with Crippen LogP contribution in [0.25, 0.3) is 22.3 Å². The number of aromatic nitrogens is 6. The van der Waals surface area contributed by atoms with Crippen LogP contribution in [0, 0.1) is 6.92 Å². The third kappa shape index (κ3) is 2.92. The summed E-state index contributed by atoms with van der Waals surface area (Å²) >= 11 is 0. The number of hydrogen-bond acceptors (Lipinski definition) is 6. The first kappa shape index (κ1) is 16.3. The molecule has 1 aromatic carbocycles. The molecule has 1 aliphatic heterocycles. The lowest BCUT2D eigenvalue weighted by molar-refractivity contribution is 0.169. The maximum absolute atomic E-state index is 11.9. The molecule has 3 aromatic heterocycles. The lowest BCUT2D eigenvalue weighted by Gasteiger charge is -2.07. The van der Waals surface area contributed by atoms with Crippen LogP contribution in [-0.4, -0.2) is 30.4 Å². The minimum Gasteiger partial charge on any atom is -0.492 e. The van der Waals surface area contributed by atoms with Crippen molar-refractivity contribution in [1.82, 2.24) is 30.4 Å². The van der Waals surface area contributed by atoms with Gasteiger partial charge in [-0.25, -0.2) is 9.97 Å². The third-order valence-corrected chi connectivity index (χ3v) is 4.58. The Kier molecular flexibility index (Phi) is 3.71. The van der Waals surface area contributed by atoms with Gasteiger partial charge in [-0.15, -0.1) is 0 Å². The summed E-state index contributed by atoms with van der Waals surface area (Å²) in [7, 11) is 0. The molecule has 9 nitrogen and oxygen atoms in total. The van der Waals surface area contributed by atoms with E-state index >= 15 is 0 Å². The Morgan fingerprint density at radius 3 is 2.93 bits per heavy atom. The second kappa shape index (κ2) is 6.38. The Morgan fingerprint density at radius 1 is 1.14 bits per heavy atom. The first-order valence-electron chi connectivity index (χ1n) is 8.85. The molecule has 4 N–H and O–H groups in total. The van der Waals surface area contributed by atoms with Gasteiger partial charge in [0.2, 0.25) is 0 Å². The average molecular weight is 375 g/mol. The number of benzene rings is 1. The zero-order valence-corrected chi connectivity index (χ0v) is 15.0. The summed E-state index contributed by atoms with van der Waals surface area (Å²) in [6.45, 7) is 1.89. The van der Waals surface area contributed by atoms with Gasteiger partial charge in [0, 0.05) is 29.8 Å². The van der Waals surface area contributed by atoms with Crippen LogP contribution in [-0.2, 0) is 4.74 Å². The van der Waals surface area contributed by atoms with Gasteiger partial charge in [-0.05, 0) is 31.2 Å². The zero-order valence-electron chi connectivity index (χ0n) is 15.0. The molecular weight excluding hydrogens is 358 g/mol. The van der Waals surface area contributed by atoms with E-state index in [1.54, 1.807) is 12.3 Å². The summed E-state index contributed by atoms with van der Waals surface area (Å²) in [5.41, 5.74) is 3.03. The predicted molar refractivity (Wildman–Crippen MR) is 104 cm³/mol. The summed E-state index contributed by atoms with van der Waals surface area (Å²) in [6.07, 6.45) is 4.46. The fraction of sp³-hybridized carbons (Fsp3) is 0.158. The van der Waals surface area contributed by atoms with E-state index in [1.165, 1.54) is 0 Å². The lowest BCUT2D eigenvalue weighted by atomic mass is 10.1. The number of hydrogen-bond donors (Lipinski definition) is 4. The van der Waals surface area contributed by atoms with Crippen LogP contribution < -0.4 is 10.9 Å². The Bertz CT molecular complexity index is 1240. The van der Waals surface area contributed by atoms with Crippen LogP contribution in [0.2, 0.25) is 0 Å². The van der Waals surface area contributed by atoms with Crippen molar-refractivity contribution in [2.45, 2.75) is 19.4 Å². The van der Waals surface area contributed by atoms with Gasteiger partial charge < -0.3 is 10.1 Å². The maximum atomic E-state index is 11.9. The molecule has 4 aromatic rings. The van der Waals surface area contributed by atoms with Gasteiger partial charge >= 0.3 is 0 Å². The maximum Gasteiger partial charge on any atom is 0.271 e. The standard InChI is InChI=1S/C19H17N7O2/c1-10-7-16(21-17-9-14(24-25-17)15-3-2-6-28-15)22-18(20-10)11-4-5-13-12(8-11)19(27)26-23-13/h2,4-9,15H,3H2,1H3,(H2,23,26,27)(H2,20,21,22,24,25). The monoisotopic (exact) mass is 375 g/mol. The minimum atomic E-state index is -0.171. The molecule has 0 fully saturated rings. The van der Waals surface area contributed by atoms with Crippen molar-refractivity contribution in [3.05, 3.63) is 64.4 Å². The Balaban J connectivity index is 1.45. The number of ether oxygens (including phenoxy) is 1. The van der Waals surface area contributed by atoms with Gasteiger partial charge in [-0.1, -0.05) is 0 Å². The van der Waals surface area contributed by atoms with E-state index in [0.29, 0.717) is 22.8 Å². The first-order chi connectivity index (χ1) is 13.7. The zero-order chi connectivity index (χ0) is 19.1. The molecule has 1 aliphatic rings. The smallest absolute Gasteiger partial charge is 0.271 e. The Morgan fingerprint density at radius 2 is 2.07 bits per heavy atom. The highest BCUT2D eigenvalue weighted by Gasteiger charge is 2.17. The van der Waals surface area contributed by atoms with Gasteiger partial charge in [0.1, 0.15) is 11.9 Å². The number of nitrogens with zero attached hydrogens (tertiary/aromatic N) is 3. The molecule has 0 radical (unpaired) electrons. The summed E-state index contributed by atoms with van der Waals surface area (Å²) in [5, 5.41) is 16.4. The van der Waals surface area contributed by atoms with E-state index in [0.717, 1.165) is 28.9 Å². The molecule has 9 heteroatoms. The van der Waals surface area contributed by atoms with Crippen molar-refractivity contribution >= 4 is 22.5 Å². The number of aromatic amines is 3.